The normalized spacial score (nSPS) is 17.4. The molecule has 0 atom stereocenters. The molecule has 1 aliphatic heterocycles. The molecule has 1 aromatic rings. The first-order valence-corrected chi connectivity index (χ1v) is 7.12. The van der Waals surface area contributed by atoms with Crippen molar-refractivity contribution in [1.82, 2.24) is 4.90 Å². The fourth-order valence-electron chi connectivity index (χ4n) is 2.83. The first kappa shape index (κ1) is 15.2. The van der Waals surface area contributed by atoms with E-state index in [1.807, 2.05) is 0 Å². The monoisotopic (exact) mass is 283 g/mol. The summed E-state index contributed by atoms with van der Waals surface area (Å²) < 4.78 is 28.4. The summed E-state index contributed by atoms with van der Waals surface area (Å²) in [5.74, 6) is -0.982. The molecule has 20 heavy (non-hydrogen) atoms. The van der Waals surface area contributed by atoms with Gasteiger partial charge in [-0.25, -0.2) is 8.78 Å². The fraction of sp³-hybridized carbons (Fsp3) is 0.600. The van der Waals surface area contributed by atoms with Crippen LogP contribution in [0.1, 0.15) is 18.4 Å². The van der Waals surface area contributed by atoms with E-state index in [0.717, 1.165) is 25.9 Å². The number of nitrogens with zero attached hydrogens (tertiary/aromatic N) is 2. The molecule has 2 N–H and O–H groups in total. The summed E-state index contributed by atoms with van der Waals surface area (Å²) in [5, 5.41) is 0. The molecule has 1 aliphatic rings. The Morgan fingerprint density at radius 1 is 1.25 bits per heavy atom. The van der Waals surface area contributed by atoms with Gasteiger partial charge >= 0.3 is 0 Å². The van der Waals surface area contributed by atoms with Crippen molar-refractivity contribution in [1.29, 1.82) is 0 Å². The highest BCUT2D eigenvalue weighted by Gasteiger charge is 2.25. The van der Waals surface area contributed by atoms with E-state index in [0.29, 0.717) is 18.5 Å². The standard InChI is InChI=1S/C15H23F2N3/c1-19-7-4-12(5-8-19)20(2)15-13(16)9-11(3-6-18)10-14(15)17/h9-10,12H,3-8,18H2,1-2H3. The van der Waals surface area contributed by atoms with E-state index in [1.54, 1.807) is 11.9 Å². The van der Waals surface area contributed by atoms with Crippen molar-refractivity contribution >= 4 is 5.69 Å². The Hall–Kier alpha value is -1.20. The van der Waals surface area contributed by atoms with E-state index in [-0.39, 0.29) is 11.7 Å². The van der Waals surface area contributed by atoms with Gasteiger partial charge in [0.15, 0.2) is 0 Å². The molecule has 0 radical (unpaired) electrons. The molecule has 0 aliphatic carbocycles. The molecule has 112 valence electrons. The number of hydrogen-bond donors (Lipinski definition) is 1. The van der Waals surface area contributed by atoms with Crippen LogP contribution in [0.4, 0.5) is 14.5 Å². The van der Waals surface area contributed by atoms with Gasteiger partial charge in [-0.3, -0.25) is 0 Å². The average Bonchev–Trinajstić information content (AvgIpc) is 2.39. The highest BCUT2D eigenvalue weighted by Crippen LogP contribution is 2.28. The first-order chi connectivity index (χ1) is 9.52. The van der Waals surface area contributed by atoms with Crippen molar-refractivity contribution in [2.75, 3.05) is 38.6 Å². The predicted molar refractivity (Wildman–Crippen MR) is 78.0 cm³/mol. The molecule has 0 unspecified atom stereocenters. The summed E-state index contributed by atoms with van der Waals surface area (Å²) in [7, 11) is 3.85. The molecule has 3 nitrogen and oxygen atoms in total. The number of likely N-dealkylation sites (tertiary alicyclic amines) is 1. The molecule has 1 fully saturated rings. The van der Waals surface area contributed by atoms with Crippen LogP contribution in [0.25, 0.3) is 0 Å². The van der Waals surface area contributed by atoms with Gasteiger partial charge in [-0.05, 0) is 63.6 Å². The van der Waals surface area contributed by atoms with Gasteiger partial charge in [-0.1, -0.05) is 0 Å². The van der Waals surface area contributed by atoms with Crippen LogP contribution in [0.3, 0.4) is 0 Å². The van der Waals surface area contributed by atoms with Crippen LogP contribution in [0.15, 0.2) is 12.1 Å². The number of rotatable bonds is 4. The Morgan fingerprint density at radius 3 is 2.30 bits per heavy atom. The van der Waals surface area contributed by atoms with Crippen molar-refractivity contribution in [2.24, 2.45) is 5.73 Å². The van der Waals surface area contributed by atoms with E-state index in [4.69, 9.17) is 5.73 Å². The highest BCUT2D eigenvalue weighted by molar-refractivity contribution is 5.51. The van der Waals surface area contributed by atoms with E-state index in [1.165, 1.54) is 12.1 Å². The summed E-state index contributed by atoms with van der Waals surface area (Å²) in [6.45, 7) is 2.32. The lowest BCUT2D eigenvalue weighted by Crippen LogP contribution is -2.42. The summed E-state index contributed by atoms with van der Waals surface area (Å²) >= 11 is 0. The van der Waals surface area contributed by atoms with Crippen molar-refractivity contribution < 1.29 is 8.78 Å². The Labute approximate surface area is 119 Å². The van der Waals surface area contributed by atoms with Gasteiger partial charge in [-0.2, -0.15) is 0 Å². The number of nitrogens with two attached hydrogens (primary N) is 1. The van der Waals surface area contributed by atoms with Crippen LogP contribution < -0.4 is 10.6 Å². The molecular formula is C15H23F2N3. The molecule has 1 saturated heterocycles. The van der Waals surface area contributed by atoms with Crippen molar-refractivity contribution in [2.45, 2.75) is 25.3 Å². The van der Waals surface area contributed by atoms with Gasteiger partial charge < -0.3 is 15.5 Å². The molecule has 0 aromatic heterocycles. The minimum Gasteiger partial charge on any atom is -0.367 e. The largest absolute Gasteiger partial charge is 0.367 e. The number of hydrogen-bond acceptors (Lipinski definition) is 3. The third-order valence-corrected chi connectivity index (χ3v) is 4.10. The molecule has 0 spiro atoms. The van der Waals surface area contributed by atoms with E-state index in [9.17, 15) is 8.78 Å². The average molecular weight is 283 g/mol. The summed E-state index contributed by atoms with van der Waals surface area (Å²) in [6, 6.07) is 2.99. The zero-order valence-electron chi connectivity index (χ0n) is 12.2. The molecule has 2 rings (SSSR count). The summed E-state index contributed by atoms with van der Waals surface area (Å²) in [6.07, 6.45) is 2.35. The lowest BCUT2D eigenvalue weighted by molar-refractivity contribution is 0.252. The number of anilines is 1. The zero-order valence-corrected chi connectivity index (χ0v) is 12.2. The highest BCUT2D eigenvalue weighted by atomic mass is 19.1. The topological polar surface area (TPSA) is 32.5 Å². The number of benzene rings is 1. The van der Waals surface area contributed by atoms with E-state index < -0.39 is 11.6 Å². The molecular weight excluding hydrogens is 260 g/mol. The second kappa shape index (κ2) is 6.50. The third kappa shape index (κ3) is 3.27. The van der Waals surface area contributed by atoms with Gasteiger partial charge in [0.1, 0.15) is 17.3 Å². The van der Waals surface area contributed by atoms with Crippen molar-refractivity contribution in [3.8, 4) is 0 Å². The van der Waals surface area contributed by atoms with E-state index in [2.05, 4.69) is 11.9 Å². The minimum absolute atomic E-state index is 0.0836. The third-order valence-electron chi connectivity index (χ3n) is 4.10. The van der Waals surface area contributed by atoms with Crippen LogP contribution in [0.5, 0.6) is 0 Å². The second-order valence-corrected chi connectivity index (χ2v) is 5.59. The molecule has 1 heterocycles. The maximum atomic E-state index is 14.2. The maximum absolute atomic E-state index is 14.2. The van der Waals surface area contributed by atoms with Gasteiger partial charge in [-0.15, -0.1) is 0 Å². The Morgan fingerprint density at radius 2 is 1.80 bits per heavy atom. The SMILES string of the molecule is CN1CCC(N(C)c2c(F)cc(CCN)cc2F)CC1. The molecule has 0 amide bonds. The Bertz CT molecular complexity index is 433. The lowest BCUT2D eigenvalue weighted by Gasteiger charge is -2.36. The number of piperidine rings is 1. The van der Waals surface area contributed by atoms with Crippen LogP contribution in [0.2, 0.25) is 0 Å². The quantitative estimate of drug-likeness (QED) is 0.917. The molecule has 0 saturated carbocycles. The molecule has 1 aromatic carbocycles. The number of halogens is 2. The van der Waals surface area contributed by atoms with Crippen LogP contribution in [-0.4, -0.2) is 44.7 Å². The predicted octanol–water partition coefficient (Wildman–Crippen LogP) is 2.00. The van der Waals surface area contributed by atoms with Gasteiger partial charge in [0.05, 0.1) is 0 Å². The maximum Gasteiger partial charge on any atom is 0.149 e. The van der Waals surface area contributed by atoms with Gasteiger partial charge in [0, 0.05) is 13.1 Å². The zero-order chi connectivity index (χ0) is 14.7. The first-order valence-electron chi connectivity index (χ1n) is 7.12. The Balaban J connectivity index is 2.19. The van der Waals surface area contributed by atoms with Crippen LogP contribution in [0, 0.1) is 11.6 Å². The van der Waals surface area contributed by atoms with E-state index >= 15 is 0 Å². The minimum atomic E-state index is -0.491. The lowest BCUT2D eigenvalue weighted by atomic mass is 10.0. The molecule has 0 bridgehead atoms. The van der Waals surface area contributed by atoms with Crippen LogP contribution >= 0.6 is 0 Å². The van der Waals surface area contributed by atoms with Gasteiger partial charge in [0.25, 0.3) is 0 Å². The van der Waals surface area contributed by atoms with Gasteiger partial charge in [0.2, 0.25) is 0 Å². The second-order valence-electron chi connectivity index (χ2n) is 5.59. The van der Waals surface area contributed by atoms with Crippen LogP contribution in [-0.2, 0) is 6.42 Å². The Kier molecular flexibility index (Phi) is 4.94. The van der Waals surface area contributed by atoms with Crippen molar-refractivity contribution in [3.05, 3.63) is 29.3 Å². The smallest absolute Gasteiger partial charge is 0.149 e. The molecule has 5 heteroatoms. The summed E-state index contributed by atoms with van der Waals surface area (Å²) in [4.78, 5) is 3.99. The van der Waals surface area contributed by atoms with Crippen molar-refractivity contribution in [3.63, 3.8) is 0 Å². The summed E-state index contributed by atoms with van der Waals surface area (Å²) in [5.41, 5.74) is 6.13. The fourth-order valence-corrected chi connectivity index (χ4v) is 2.83.